The van der Waals surface area contributed by atoms with Crippen LogP contribution in [0.3, 0.4) is 0 Å². The number of carbonyl (C=O) groups is 4. The van der Waals surface area contributed by atoms with E-state index in [0.717, 1.165) is 35.9 Å². The zero-order chi connectivity index (χ0) is 36.1. The first-order chi connectivity index (χ1) is 23.9. The molecule has 0 heterocycles. The average molecular weight is 691 g/mol. The number of hydrogen-bond donors (Lipinski definition) is 2. The number of esters is 1. The lowest BCUT2D eigenvalue weighted by Gasteiger charge is -2.21. The van der Waals surface area contributed by atoms with Gasteiger partial charge in [-0.2, -0.15) is 13.2 Å². The lowest BCUT2D eigenvalue weighted by molar-refractivity contribution is -0.138. The van der Waals surface area contributed by atoms with Gasteiger partial charge in [-0.05, 0) is 90.8 Å². The first-order valence-corrected chi connectivity index (χ1v) is 16.1. The van der Waals surface area contributed by atoms with E-state index < -0.39 is 42.0 Å². The highest BCUT2D eigenvalue weighted by molar-refractivity contribution is 6.04. The Balaban J connectivity index is 1.32. The average Bonchev–Trinajstić information content (AvgIpc) is 3.10. The van der Waals surface area contributed by atoms with Crippen LogP contribution in [0.5, 0.6) is 11.5 Å². The third-order valence-corrected chi connectivity index (χ3v) is 7.57. The van der Waals surface area contributed by atoms with Crippen LogP contribution in [0.25, 0.3) is 0 Å². The van der Waals surface area contributed by atoms with Gasteiger partial charge < -0.3 is 24.8 Å². The zero-order valence-electron chi connectivity index (χ0n) is 27.4. The summed E-state index contributed by atoms with van der Waals surface area (Å²) in [6.07, 6.45) is 1.05. The van der Waals surface area contributed by atoms with E-state index in [9.17, 15) is 37.5 Å². The number of rotatable bonds is 16. The Bertz CT molecular complexity index is 1760. The van der Waals surface area contributed by atoms with Crippen molar-refractivity contribution in [3.63, 3.8) is 0 Å². The number of ether oxygens (including phenoxy) is 2. The molecule has 4 aromatic rings. The number of carboxylic acids is 1. The molecule has 0 aliphatic carbocycles. The summed E-state index contributed by atoms with van der Waals surface area (Å²) < 4.78 is 50.3. The van der Waals surface area contributed by atoms with Crippen LogP contribution in [-0.2, 0) is 17.5 Å². The maximum Gasteiger partial charge on any atom is 0.416 e. The molecule has 262 valence electrons. The Morgan fingerprint density at radius 3 is 2.04 bits per heavy atom. The number of hydrogen-bond acceptors (Lipinski definition) is 6. The van der Waals surface area contributed by atoms with E-state index in [-0.39, 0.29) is 29.1 Å². The van der Waals surface area contributed by atoms with Crippen LogP contribution < -0.4 is 14.8 Å². The molecule has 0 bridgehead atoms. The number of amides is 2. The number of carboxylic acid groups (broad SMARTS) is 1. The summed E-state index contributed by atoms with van der Waals surface area (Å²) in [4.78, 5) is 51.2. The maximum absolute atomic E-state index is 13.3. The summed E-state index contributed by atoms with van der Waals surface area (Å²) in [5, 5.41) is 11.9. The Kier molecular flexibility index (Phi) is 13.1. The van der Waals surface area contributed by atoms with Crippen molar-refractivity contribution >= 4 is 29.4 Å². The van der Waals surface area contributed by atoms with Gasteiger partial charge in [0.1, 0.15) is 18.0 Å². The highest BCUT2D eigenvalue weighted by atomic mass is 19.4. The lowest BCUT2D eigenvalue weighted by Crippen LogP contribution is -2.35. The second-order valence-corrected chi connectivity index (χ2v) is 11.5. The number of carbonyl (C=O) groups excluding carboxylic acids is 3. The molecule has 2 amide bonds. The number of anilines is 1. The van der Waals surface area contributed by atoms with Crippen LogP contribution in [0, 0.1) is 0 Å². The number of aliphatic carboxylic acids is 1. The summed E-state index contributed by atoms with van der Waals surface area (Å²) in [6, 6.07) is 22.4. The maximum atomic E-state index is 13.3. The van der Waals surface area contributed by atoms with E-state index in [2.05, 4.69) is 12.2 Å². The predicted octanol–water partition coefficient (Wildman–Crippen LogP) is 8.25. The van der Waals surface area contributed by atoms with Gasteiger partial charge in [0, 0.05) is 23.4 Å². The molecule has 9 nitrogen and oxygen atoms in total. The minimum atomic E-state index is -4.61. The van der Waals surface area contributed by atoms with Crippen LogP contribution in [0.1, 0.15) is 81.2 Å². The molecule has 50 heavy (non-hydrogen) atoms. The van der Waals surface area contributed by atoms with Crippen LogP contribution in [0.15, 0.2) is 97.1 Å². The number of alkyl halides is 3. The molecule has 0 aliphatic heterocycles. The molecule has 0 aromatic heterocycles. The highest BCUT2D eigenvalue weighted by Crippen LogP contribution is 2.30. The molecule has 0 unspecified atom stereocenters. The molecule has 0 aliphatic rings. The van der Waals surface area contributed by atoms with Gasteiger partial charge in [-0.3, -0.25) is 14.4 Å². The molecule has 12 heteroatoms. The Hall–Kier alpha value is -5.65. The molecule has 4 rings (SSSR count). The normalized spacial score (nSPS) is 11.0. The van der Waals surface area contributed by atoms with Crippen molar-refractivity contribution in [1.82, 2.24) is 4.90 Å². The largest absolute Gasteiger partial charge is 0.494 e. The second-order valence-electron chi connectivity index (χ2n) is 11.5. The number of benzene rings is 4. The topological polar surface area (TPSA) is 122 Å². The SMILES string of the molecule is CCCCCCCOc1ccc(C(=O)Oc2ccc(CN(CC(=O)O)C(=O)c3ccc(NC(=O)c4cccc(C(F)(F)F)c4)cc3)cc2)cc1. The van der Waals surface area contributed by atoms with Crippen LogP contribution >= 0.6 is 0 Å². The quantitative estimate of drug-likeness (QED) is 0.0690. The molecule has 0 spiro atoms. The van der Waals surface area contributed by atoms with Crippen LogP contribution in [0.4, 0.5) is 18.9 Å². The molecule has 2 N–H and O–H groups in total. The van der Waals surface area contributed by atoms with E-state index >= 15 is 0 Å². The summed E-state index contributed by atoms with van der Waals surface area (Å²) in [5.41, 5.74) is 0.0878. The molecule has 0 radical (unpaired) electrons. The minimum Gasteiger partial charge on any atom is -0.494 e. The number of nitrogens with one attached hydrogen (secondary N) is 1. The van der Waals surface area contributed by atoms with Crippen LogP contribution in [0.2, 0.25) is 0 Å². The molecular weight excluding hydrogens is 653 g/mol. The number of nitrogens with zero attached hydrogens (tertiary/aromatic N) is 1. The molecule has 0 saturated carbocycles. The lowest BCUT2D eigenvalue weighted by atomic mass is 10.1. The summed E-state index contributed by atoms with van der Waals surface area (Å²) in [7, 11) is 0. The van der Waals surface area contributed by atoms with Crippen molar-refractivity contribution in [2.45, 2.75) is 51.7 Å². The van der Waals surface area contributed by atoms with E-state index in [1.807, 2.05) is 0 Å². The van der Waals surface area contributed by atoms with Crippen LogP contribution in [-0.4, -0.2) is 46.9 Å². The van der Waals surface area contributed by atoms with Crippen molar-refractivity contribution in [1.29, 1.82) is 0 Å². The predicted molar refractivity (Wildman–Crippen MR) is 180 cm³/mol. The van der Waals surface area contributed by atoms with Gasteiger partial charge in [0.25, 0.3) is 11.8 Å². The van der Waals surface area contributed by atoms with E-state index in [1.54, 1.807) is 36.4 Å². The van der Waals surface area contributed by atoms with Crippen molar-refractivity contribution in [2.24, 2.45) is 0 Å². The fraction of sp³-hybridized carbons (Fsp3) is 0.263. The summed E-state index contributed by atoms with van der Waals surface area (Å²) >= 11 is 0. The monoisotopic (exact) mass is 690 g/mol. The standard InChI is InChI=1S/C38H37F3N2O7/c1-2-3-4-5-6-22-49-32-20-14-28(15-21-32)37(48)50-33-18-10-26(11-19-33)24-43(25-34(44)45)36(47)27-12-16-31(17-13-27)42-35(46)29-8-7-9-30(23-29)38(39,40)41/h7-21,23H,2-6,22,24-25H2,1H3,(H,42,46)(H,44,45). The van der Waals surface area contributed by atoms with Gasteiger partial charge in [0.2, 0.25) is 0 Å². The van der Waals surface area contributed by atoms with Gasteiger partial charge in [-0.25, -0.2) is 4.79 Å². The molecule has 0 fully saturated rings. The third kappa shape index (κ3) is 11.2. The Labute approximate surface area is 287 Å². The second kappa shape index (κ2) is 17.7. The Morgan fingerprint density at radius 2 is 1.40 bits per heavy atom. The van der Waals surface area contributed by atoms with Crippen molar-refractivity contribution in [3.05, 3.63) is 125 Å². The van der Waals surface area contributed by atoms with Crippen molar-refractivity contribution in [3.8, 4) is 11.5 Å². The fourth-order valence-corrected chi connectivity index (χ4v) is 4.91. The first kappa shape index (κ1) is 37.2. The van der Waals surface area contributed by atoms with Gasteiger partial charge in [0.15, 0.2) is 0 Å². The smallest absolute Gasteiger partial charge is 0.416 e. The zero-order valence-corrected chi connectivity index (χ0v) is 27.4. The minimum absolute atomic E-state index is 0.0759. The molecule has 4 aromatic carbocycles. The van der Waals surface area contributed by atoms with Gasteiger partial charge >= 0.3 is 18.1 Å². The van der Waals surface area contributed by atoms with Gasteiger partial charge in [0.05, 0.1) is 17.7 Å². The first-order valence-electron chi connectivity index (χ1n) is 16.1. The Morgan fingerprint density at radius 1 is 0.760 bits per heavy atom. The molecular formula is C38H37F3N2O7. The van der Waals surface area contributed by atoms with Crippen molar-refractivity contribution < 1.29 is 46.9 Å². The van der Waals surface area contributed by atoms with E-state index in [1.165, 1.54) is 61.7 Å². The van der Waals surface area contributed by atoms with Crippen molar-refractivity contribution in [2.75, 3.05) is 18.5 Å². The van der Waals surface area contributed by atoms with E-state index in [4.69, 9.17) is 9.47 Å². The summed E-state index contributed by atoms with van der Waals surface area (Å²) in [5.74, 6) is -2.27. The molecule has 0 saturated heterocycles. The van der Waals surface area contributed by atoms with E-state index in [0.29, 0.717) is 23.5 Å². The highest BCUT2D eigenvalue weighted by Gasteiger charge is 2.31. The molecule has 0 atom stereocenters. The van der Waals surface area contributed by atoms with Gasteiger partial charge in [-0.15, -0.1) is 0 Å². The van der Waals surface area contributed by atoms with Gasteiger partial charge in [-0.1, -0.05) is 50.8 Å². The third-order valence-electron chi connectivity index (χ3n) is 7.57. The fourth-order valence-electron chi connectivity index (χ4n) is 4.91. The summed E-state index contributed by atoms with van der Waals surface area (Å²) in [6.45, 7) is 2.09. The number of halogens is 3. The number of unbranched alkanes of at least 4 members (excludes halogenated alkanes) is 4.